The van der Waals surface area contributed by atoms with Crippen molar-refractivity contribution in [2.45, 2.75) is 52.4 Å². The molecule has 0 heterocycles. The van der Waals surface area contributed by atoms with Crippen molar-refractivity contribution in [3.63, 3.8) is 0 Å². The maximum atomic E-state index is 11.2. The number of ketones is 2. The molecule has 0 saturated heterocycles. The van der Waals surface area contributed by atoms with Crippen LogP contribution in [0.5, 0.6) is 0 Å². The molecule has 0 aromatic carbocycles. The number of rotatable bonds is 6. The second-order valence-corrected chi connectivity index (χ2v) is 11.4. The van der Waals surface area contributed by atoms with Crippen LogP contribution in [0.2, 0.25) is 0 Å². The fraction of sp³-hybridized carbons (Fsp3) is 0.889. The molecule has 6 saturated carbocycles. The molecule has 27 heavy (non-hydrogen) atoms. The highest BCUT2D eigenvalue weighted by atomic mass is 35.5. The number of carbonyl (C=O) groups excluding carboxylic acids is 2. The van der Waals surface area contributed by atoms with E-state index in [9.17, 15) is 18.0 Å². The number of halogens is 2. The monoisotopic (exact) mass is 442 g/mol. The maximum absolute atomic E-state index is 11.2. The first-order valence-corrected chi connectivity index (χ1v) is 11.8. The molecule has 0 unspecified atom stereocenters. The van der Waals surface area contributed by atoms with Gasteiger partial charge in [0, 0.05) is 17.4 Å². The van der Waals surface area contributed by atoms with E-state index >= 15 is 0 Å². The largest absolute Gasteiger partial charge is 0.396 e. The summed E-state index contributed by atoms with van der Waals surface area (Å²) in [6.45, 7) is 3.81. The molecule has 1 N–H and O–H groups in total. The predicted octanol–water partition coefficient (Wildman–Crippen LogP) is 2.88. The van der Waals surface area contributed by atoms with Gasteiger partial charge in [0.1, 0.15) is 11.6 Å². The van der Waals surface area contributed by atoms with E-state index in [0.717, 1.165) is 44.8 Å². The Balaban J connectivity index is 0.000000176. The highest BCUT2D eigenvalue weighted by molar-refractivity contribution is 7.85. The Bertz CT molecular complexity index is 678. The first-order valence-electron chi connectivity index (χ1n) is 8.91. The number of hydrogen-bond acceptors (Lipinski definition) is 6. The molecule has 0 aromatic heterocycles. The summed E-state index contributed by atoms with van der Waals surface area (Å²) in [5, 5.41) is 9.06. The quantitative estimate of drug-likeness (QED) is 0.501. The van der Waals surface area contributed by atoms with Gasteiger partial charge in [0.05, 0.1) is 18.2 Å². The summed E-state index contributed by atoms with van der Waals surface area (Å²) in [6, 6.07) is 0. The summed E-state index contributed by atoms with van der Waals surface area (Å²) in [4.78, 5) is 22.1. The Kier molecular flexibility index (Phi) is 6.46. The van der Waals surface area contributed by atoms with E-state index in [2.05, 4.69) is 0 Å². The molecule has 6 rings (SSSR count). The Morgan fingerprint density at radius 3 is 1.52 bits per heavy atom. The van der Waals surface area contributed by atoms with Crippen molar-refractivity contribution in [3.05, 3.63) is 0 Å². The van der Waals surface area contributed by atoms with E-state index in [0.29, 0.717) is 5.78 Å². The van der Waals surface area contributed by atoms with Gasteiger partial charge in [-0.3, -0.25) is 13.8 Å². The fourth-order valence-corrected chi connectivity index (χ4v) is 5.76. The fourth-order valence-electron chi connectivity index (χ4n) is 5.30. The Morgan fingerprint density at radius 2 is 1.26 bits per heavy atom. The van der Waals surface area contributed by atoms with Crippen molar-refractivity contribution in [2.75, 3.05) is 24.8 Å². The smallest absolute Gasteiger partial charge is 0.264 e. The van der Waals surface area contributed by atoms with Gasteiger partial charge in [0.25, 0.3) is 10.1 Å². The predicted molar refractivity (Wildman–Crippen MR) is 103 cm³/mol. The van der Waals surface area contributed by atoms with Gasteiger partial charge in [0.15, 0.2) is 0 Å². The van der Waals surface area contributed by atoms with Crippen molar-refractivity contribution >= 4 is 44.9 Å². The third-order valence-corrected chi connectivity index (χ3v) is 7.23. The molecule has 0 spiro atoms. The van der Waals surface area contributed by atoms with Crippen LogP contribution in [0.1, 0.15) is 52.4 Å². The first kappa shape index (κ1) is 23.1. The molecule has 156 valence electrons. The van der Waals surface area contributed by atoms with Crippen LogP contribution in [-0.4, -0.2) is 49.9 Å². The Labute approximate surface area is 171 Å². The molecule has 9 heteroatoms. The third kappa shape index (κ3) is 4.37. The summed E-state index contributed by atoms with van der Waals surface area (Å²) in [7, 11) is -3.33. The number of Topliss-reactive ketones (excluding diaryl/α,β-unsaturated/α-hetero) is 2. The topological polar surface area (TPSA) is 97.7 Å². The van der Waals surface area contributed by atoms with Crippen LogP contribution in [0, 0.1) is 21.7 Å². The van der Waals surface area contributed by atoms with Crippen LogP contribution in [0.3, 0.4) is 0 Å². The van der Waals surface area contributed by atoms with Crippen molar-refractivity contribution < 1.29 is 27.3 Å². The van der Waals surface area contributed by atoms with Gasteiger partial charge >= 0.3 is 0 Å². The molecule has 4 bridgehead atoms. The summed E-state index contributed by atoms with van der Waals surface area (Å²) in [5.41, 5.74) is 0.101. The number of aliphatic hydroxyl groups excluding tert-OH is 1. The minimum absolute atomic E-state index is 0.00521. The molecular weight excluding hydrogens is 415 g/mol. The number of aliphatic hydroxyl groups is 1. The lowest BCUT2D eigenvalue weighted by atomic mass is 9.34. The zero-order valence-corrected chi connectivity index (χ0v) is 18.3. The molecule has 6 nitrogen and oxygen atoms in total. The van der Waals surface area contributed by atoms with Gasteiger partial charge in [-0.15, -0.1) is 23.2 Å². The minimum atomic E-state index is -3.33. The summed E-state index contributed by atoms with van der Waals surface area (Å²) >= 11 is 9.53. The van der Waals surface area contributed by atoms with Gasteiger partial charge in [-0.25, -0.2) is 0 Å². The van der Waals surface area contributed by atoms with E-state index in [4.69, 9.17) is 32.5 Å². The highest BCUT2D eigenvalue weighted by Gasteiger charge is 2.70. The Morgan fingerprint density at radius 1 is 0.926 bits per heavy atom. The minimum Gasteiger partial charge on any atom is -0.396 e. The van der Waals surface area contributed by atoms with Gasteiger partial charge in [0.2, 0.25) is 0 Å². The molecule has 6 aliphatic rings. The average Bonchev–Trinajstić information content (AvgIpc) is 2.32. The van der Waals surface area contributed by atoms with E-state index in [1.807, 2.05) is 0 Å². The van der Waals surface area contributed by atoms with E-state index < -0.39 is 10.1 Å². The van der Waals surface area contributed by atoms with Gasteiger partial charge in [-0.05, 0) is 63.2 Å². The van der Waals surface area contributed by atoms with Crippen LogP contribution < -0.4 is 0 Å². The average molecular weight is 443 g/mol. The summed E-state index contributed by atoms with van der Waals surface area (Å²) < 4.78 is 26.3. The van der Waals surface area contributed by atoms with Gasteiger partial charge in [-0.2, -0.15) is 8.42 Å². The molecule has 6 fully saturated rings. The van der Waals surface area contributed by atoms with E-state index in [1.54, 1.807) is 13.8 Å². The molecule has 0 aromatic rings. The third-order valence-electron chi connectivity index (χ3n) is 6.69. The second-order valence-electron chi connectivity index (χ2n) is 8.96. The number of hydrogen-bond donors (Lipinski definition) is 1. The van der Waals surface area contributed by atoms with Gasteiger partial charge < -0.3 is 5.11 Å². The van der Waals surface area contributed by atoms with Crippen LogP contribution in [0.15, 0.2) is 0 Å². The Hall–Kier alpha value is -0.210. The molecule has 0 atom stereocenters. The molecule has 0 amide bonds. The molecule has 0 radical (unpaired) electrons. The SMILES string of the molecule is CC(=O)C12CC(CO)(C1)C2.CC(=O)C12CC(COS(C)(=O)=O)(C1)C2.ClCCl. The van der Waals surface area contributed by atoms with Crippen LogP contribution in [0.4, 0.5) is 0 Å². The van der Waals surface area contributed by atoms with Crippen molar-refractivity contribution in [1.82, 2.24) is 0 Å². The lowest BCUT2D eigenvalue weighted by Crippen LogP contribution is -2.66. The van der Waals surface area contributed by atoms with Crippen molar-refractivity contribution in [2.24, 2.45) is 21.7 Å². The molecule has 0 aliphatic heterocycles. The number of carbonyl (C=O) groups is 2. The molecular formula is C18H28Cl2O6S. The van der Waals surface area contributed by atoms with Crippen LogP contribution in [0.25, 0.3) is 0 Å². The summed E-state index contributed by atoms with van der Waals surface area (Å²) in [5.74, 6) is 0.557. The first-order chi connectivity index (χ1) is 12.3. The van der Waals surface area contributed by atoms with Crippen molar-refractivity contribution in [3.8, 4) is 0 Å². The molecule has 6 aliphatic carbocycles. The zero-order chi connectivity index (χ0) is 20.7. The van der Waals surface area contributed by atoms with Crippen molar-refractivity contribution in [1.29, 1.82) is 0 Å². The van der Waals surface area contributed by atoms with Gasteiger partial charge in [-0.1, -0.05) is 0 Å². The highest BCUT2D eigenvalue weighted by Crippen LogP contribution is 2.74. The lowest BCUT2D eigenvalue weighted by Gasteiger charge is -2.69. The lowest BCUT2D eigenvalue weighted by molar-refractivity contribution is -0.216. The zero-order valence-electron chi connectivity index (χ0n) is 16.0. The summed E-state index contributed by atoms with van der Waals surface area (Å²) in [6.07, 6.45) is 6.34. The maximum Gasteiger partial charge on any atom is 0.264 e. The second kappa shape index (κ2) is 7.56. The number of alkyl halides is 2. The standard InChI is InChI=1S/C9H14O4S.C8H12O2.CH2Cl2/c1-7(10)9-3-8(4-9,5-9)6-13-14(2,11)12;1-6(10)8-2-7(3-8,4-8)5-9;2-1-3/h3-6H2,1-2H3;9H,2-5H2,1H3;1H2. The normalized spacial score (nSPS) is 39.6. The van der Waals surface area contributed by atoms with Crippen LogP contribution >= 0.6 is 23.2 Å². The van der Waals surface area contributed by atoms with E-state index in [1.165, 1.54) is 0 Å². The van der Waals surface area contributed by atoms with Crippen LogP contribution in [-0.2, 0) is 23.9 Å². The van der Waals surface area contributed by atoms with E-state index in [-0.39, 0.29) is 46.0 Å².